The Morgan fingerprint density at radius 3 is 2.36 bits per heavy atom. The maximum absolute atomic E-state index is 11.6. The fraction of sp³-hybridized carbons (Fsp3) is 0.727. The zero-order valence-corrected chi connectivity index (χ0v) is 9.20. The van der Waals surface area contributed by atoms with Gasteiger partial charge in [0.05, 0.1) is 0 Å². The number of imidazole rings is 1. The molecule has 0 amide bonds. The summed E-state index contributed by atoms with van der Waals surface area (Å²) in [5, 5.41) is 0. The lowest BCUT2D eigenvalue weighted by Crippen LogP contribution is -2.23. The summed E-state index contributed by atoms with van der Waals surface area (Å²) in [4.78, 5) is 11.6. The average molecular weight is 196 g/mol. The molecule has 80 valence electrons. The van der Waals surface area contributed by atoms with Gasteiger partial charge in [-0.25, -0.2) is 4.79 Å². The second kappa shape index (κ2) is 5.68. The van der Waals surface area contributed by atoms with Crippen LogP contribution in [0.2, 0.25) is 0 Å². The highest BCUT2D eigenvalue weighted by Gasteiger charge is 1.99. The minimum absolute atomic E-state index is 0.129. The zero-order chi connectivity index (χ0) is 10.4. The Labute approximate surface area is 85.4 Å². The molecule has 1 heterocycles. The van der Waals surface area contributed by atoms with Gasteiger partial charge in [0.2, 0.25) is 0 Å². The van der Waals surface area contributed by atoms with Gasteiger partial charge in [0, 0.05) is 25.5 Å². The lowest BCUT2D eigenvalue weighted by atomic mass is 10.2. The average Bonchev–Trinajstić information content (AvgIpc) is 2.55. The van der Waals surface area contributed by atoms with E-state index in [1.54, 1.807) is 9.13 Å². The predicted molar refractivity (Wildman–Crippen MR) is 58.5 cm³/mol. The highest BCUT2D eigenvalue weighted by Crippen LogP contribution is 2.00. The summed E-state index contributed by atoms with van der Waals surface area (Å²) in [7, 11) is 0. The highest BCUT2D eigenvalue weighted by atomic mass is 16.1. The van der Waals surface area contributed by atoms with Crippen LogP contribution in [0.5, 0.6) is 0 Å². The molecule has 0 spiro atoms. The molecule has 1 rings (SSSR count). The number of aryl methyl sites for hydroxylation is 2. The van der Waals surface area contributed by atoms with Gasteiger partial charge in [0.15, 0.2) is 0 Å². The molecule has 3 nitrogen and oxygen atoms in total. The summed E-state index contributed by atoms with van der Waals surface area (Å²) in [6.45, 7) is 5.81. The molecule has 1 aromatic heterocycles. The Balaban J connectivity index is 2.43. The molecule has 0 aliphatic rings. The van der Waals surface area contributed by atoms with E-state index >= 15 is 0 Å². The molecule has 0 saturated heterocycles. The van der Waals surface area contributed by atoms with Gasteiger partial charge in [-0.15, -0.1) is 0 Å². The van der Waals surface area contributed by atoms with Crippen LogP contribution in [0.1, 0.15) is 39.5 Å². The van der Waals surface area contributed by atoms with Crippen LogP contribution >= 0.6 is 0 Å². The van der Waals surface area contributed by atoms with Crippen LogP contribution in [0.4, 0.5) is 0 Å². The Bertz CT molecular complexity index is 311. The van der Waals surface area contributed by atoms with Gasteiger partial charge in [-0.3, -0.25) is 9.13 Å². The molecule has 0 aliphatic carbocycles. The number of hydrogen-bond donors (Lipinski definition) is 0. The molecule has 0 aliphatic heterocycles. The van der Waals surface area contributed by atoms with E-state index in [1.165, 1.54) is 19.3 Å². The minimum atomic E-state index is 0.129. The number of nitrogens with zero attached hydrogens (tertiary/aromatic N) is 2. The van der Waals surface area contributed by atoms with Crippen molar-refractivity contribution in [2.75, 3.05) is 0 Å². The number of hydrogen-bond acceptors (Lipinski definition) is 1. The topological polar surface area (TPSA) is 26.9 Å². The van der Waals surface area contributed by atoms with Crippen LogP contribution < -0.4 is 5.69 Å². The molecular weight excluding hydrogens is 176 g/mol. The molecule has 0 aromatic carbocycles. The first-order valence-corrected chi connectivity index (χ1v) is 5.55. The predicted octanol–water partition coefficient (Wildman–Crippen LogP) is 2.25. The van der Waals surface area contributed by atoms with Crippen molar-refractivity contribution in [2.45, 2.75) is 52.6 Å². The van der Waals surface area contributed by atoms with Crippen molar-refractivity contribution in [3.05, 3.63) is 22.9 Å². The summed E-state index contributed by atoms with van der Waals surface area (Å²) in [6.07, 6.45) is 8.59. The third kappa shape index (κ3) is 2.76. The van der Waals surface area contributed by atoms with E-state index in [-0.39, 0.29) is 5.69 Å². The SMILES string of the molecule is CCCCCCn1ccn(CC)c1=O. The summed E-state index contributed by atoms with van der Waals surface area (Å²) in [6, 6.07) is 0. The van der Waals surface area contributed by atoms with Crippen LogP contribution in [0.25, 0.3) is 0 Å². The van der Waals surface area contributed by atoms with Crippen molar-refractivity contribution in [1.82, 2.24) is 9.13 Å². The second-order valence-corrected chi connectivity index (χ2v) is 3.62. The van der Waals surface area contributed by atoms with E-state index in [0.29, 0.717) is 0 Å². The summed E-state index contributed by atoms with van der Waals surface area (Å²) < 4.78 is 3.54. The minimum Gasteiger partial charge on any atom is -0.300 e. The van der Waals surface area contributed by atoms with Gasteiger partial charge in [-0.1, -0.05) is 26.2 Å². The molecule has 0 N–H and O–H groups in total. The maximum Gasteiger partial charge on any atom is 0.328 e. The van der Waals surface area contributed by atoms with E-state index in [2.05, 4.69) is 6.92 Å². The fourth-order valence-electron chi connectivity index (χ4n) is 1.57. The van der Waals surface area contributed by atoms with Crippen molar-refractivity contribution in [2.24, 2.45) is 0 Å². The van der Waals surface area contributed by atoms with Gasteiger partial charge in [-0.05, 0) is 13.3 Å². The number of aromatic nitrogens is 2. The summed E-state index contributed by atoms with van der Waals surface area (Å²) in [5.41, 5.74) is 0.129. The molecule has 0 unspecified atom stereocenters. The van der Waals surface area contributed by atoms with Crippen molar-refractivity contribution >= 4 is 0 Å². The van der Waals surface area contributed by atoms with E-state index in [9.17, 15) is 4.79 Å². The van der Waals surface area contributed by atoms with Gasteiger partial charge >= 0.3 is 5.69 Å². The van der Waals surface area contributed by atoms with E-state index in [0.717, 1.165) is 19.5 Å². The Morgan fingerprint density at radius 2 is 1.79 bits per heavy atom. The van der Waals surface area contributed by atoms with E-state index in [1.807, 2.05) is 19.3 Å². The van der Waals surface area contributed by atoms with Crippen LogP contribution in [0, 0.1) is 0 Å². The summed E-state index contributed by atoms with van der Waals surface area (Å²) >= 11 is 0. The Kier molecular flexibility index (Phi) is 4.50. The quantitative estimate of drug-likeness (QED) is 0.641. The molecular formula is C11H20N2O. The third-order valence-corrected chi connectivity index (χ3v) is 2.51. The van der Waals surface area contributed by atoms with Crippen LogP contribution in [-0.4, -0.2) is 9.13 Å². The van der Waals surface area contributed by atoms with Crippen LogP contribution in [0.15, 0.2) is 17.2 Å². The number of unbranched alkanes of at least 4 members (excludes halogenated alkanes) is 3. The zero-order valence-electron chi connectivity index (χ0n) is 9.20. The fourth-order valence-corrected chi connectivity index (χ4v) is 1.57. The van der Waals surface area contributed by atoms with Crippen molar-refractivity contribution in [3.8, 4) is 0 Å². The van der Waals surface area contributed by atoms with Gasteiger partial charge < -0.3 is 0 Å². The second-order valence-electron chi connectivity index (χ2n) is 3.62. The highest BCUT2D eigenvalue weighted by molar-refractivity contribution is 4.80. The van der Waals surface area contributed by atoms with Crippen LogP contribution in [0.3, 0.4) is 0 Å². The van der Waals surface area contributed by atoms with E-state index < -0.39 is 0 Å². The van der Waals surface area contributed by atoms with Crippen molar-refractivity contribution in [3.63, 3.8) is 0 Å². The first-order valence-electron chi connectivity index (χ1n) is 5.55. The molecule has 0 fully saturated rings. The molecule has 1 aromatic rings. The van der Waals surface area contributed by atoms with Crippen LogP contribution in [-0.2, 0) is 13.1 Å². The molecule has 0 saturated carbocycles. The molecule has 0 atom stereocenters. The molecule has 0 bridgehead atoms. The van der Waals surface area contributed by atoms with Gasteiger partial charge in [0.1, 0.15) is 0 Å². The van der Waals surface area contributed by atoms with Gasteiger partial charge in [0.25, 0.3) is 0 Å². The lowest BCUT2D eigenvalue weighted by Gasteiger charge is -2.00. The monoisotopic (exact) mass is 196 g/mol. The molecule has 0 radical (unpaired) electrons. The summed E-state index contributed by atoms with van der Waals surface area (Å²) in [5.74, 6) is 0. The first kappa shape index (κ1) is 11.1. The Hall–Kier alpha value is -0.990. The molecule has 14 heavy (non-hydrogen) atoms. The largest absolute Gasteiger partial charge is 0.328 e. The lowest BCUT2D eigenvalue weighted by molar-refractivity contribution is 0.558. The number of rotatable bonds is 6. The van der Waals surface area contributed by atoms with Gasteiger partial charge in [-0.2, -0.15) is 0 Å². The third-order valence-electron chi connectivity index (χ3n) is 2.51. The Morgan fingerprint density at radius 1 is 1.07 bits per heavy atom. The van der Waals surface area contributed by atoms with Crippen molar-refractivity contribution in [1.29, 1.82) is 0 Å². The normalized spacial score (nSPS) is 10.7. The van der Waals surface area contributed by atoms with E-state index in [4.69, 9.17) is 0 Å². The molecule has 3 heteroatoms. The smallest absolute Gasteiger partial charge is 0.300 e. The van der Waals surface area contributed by atoms with Crippen molar-refractivity contribution < 1.29 is 0 Å². The first-order chi connectivity index (χ1) is 6.79. The maximum atomic E-state index is 11.6. The standard InChI is InChI=1S/C11H20N2O/c1-3-5-6-7-8-13-10-9-12(4-2)11(13)14/h9-10H,3-8H2,1-2H3.